The average molecular weight is 1280 g/mol. The summed E-state index contributed by atoms with van der Waals surface area (Å²) in [6.45, 7) is 14.5. The molecule has 4 atom stereocenters. The van der Waals surface area contributed by atoms with E-state index in [9.17, 15) is 37.1 Å². The Morgan fingerprint density at radius 2 is 1.54 bits per heavy atom. The maximum absolute atomic E-state index is 15.7. The molecule has 20 nitrogen and oxygen atoms in total. The maximum atomic E-state index is 15.7. The van der Waals surface area contributed by atoms with Crippen LogP contribution in [0.1, 0.15) is 83.5 Å². The summed E-state index contributed by atoms with van der Waals surface area (Å²) in [7, 11) is -4.38. The molecule has 6 aromatic rings. The van der Waals surface area contributed by atoms with Gasteiger partial charge in [0.1, 0.15) is 54.4 Å². The van der Waals surface area contributed by atoms with Gasteiger partial charge in [0.15, 0.2) is 5.82 Å². The van der Waals surface area contributed by atoms with Crippen molar-refractivity contribution >= 4 is 67.1 Å². The molecule has 25 heteroatoms. The van der Waals surface area contributed by atoms with Crippen molar-refractivity contribution in [1.29, 1.82) is 0 Å². The third kappa shape index (κ3) is 16.3. The number of aromatic amines is 1. The number of hydrogen-bond donors (Lipinski definition) is 4. The largest absolute Gasteiger partial charge is 0.491 e. The maximum Gasteiger partial charge on any atom is 0.301 e. The second-order valence-electron chi connectivity index (χ2n) is 22.3. The van der Waals surface area contributed by atoms with Crippen LogP contribution in [-0.4, -0.2) is 171 Å². The van der Waals surface area contributed by atoms with E-state index >= 15 is 8.78 Å². The summed E-state index contributed by atoms with van der Waals surface area (Å²) >= 11 is 1.49. The molecule has 2 aromatic heterocycles. The second kappa shape index (κ2) is 30.9. The summed E-state index contributed by atoms with van der Waals surface area (Å²) in [4.78, 5) is 66.7. The van der Waals surface area contributed by atoms with Crippen molar-refractivity contribution < 1.29 is 74.3 Å². The number of benzene rings is 4. The molecule has 5 heterocycles. The van der Waals surface area contributed by atoms with Crippen LogP contribution in [0.4, 0.5) is 18.9 Å². The van der Waals surface area contributed by atoms with Gasteiger partial charge in [-0.3, -0.25) is 23.9 Å². The number of aliphatic hydroxyl groups excluding tert-OH is 1. The molecular formula is C65H74F3N7O13S2. The number of carbonyl (C=O) groups excluding carboxylic acids is 4. The predicted octanol–water partition coefficient (Wildman–Crippen LogP) is 8.85. The molecule has 0 radical (unpaired) electrons. The van der Waals surface area contributed by atoms with E-state index in [-0.39, 0.29) is 93.2 Å². The van der Waals surface area contributed by atoms with Crippen LogP contribution >= 0.6 is 11.8 Å². The van der Waals surface area contributed by atoms with Gasteiger partial charge in [-0.05, 0) is 90.7 Å². The summed E-state index contributed by atoms with van der Waals surface area (Å²) in [5, 5.41) is 15.8. The first-order valence-corrected chi connectivity index (χ1v) is 32.0. The van der Waals surface area contributed by atoms with E-state index in [0.29, 0.717) is 80.0 Å². The number of pyridine rings is 1. The Hall–Kier alpha value is -7.62. The first-order chi connectivity index (χ1) is 43.3. The number of nitrogens with zero attached hydrogens (tertiary/aromatic N) is 4. The first kappa shape index (κ1) is 66.8. The molecule has 0 aliphatic carbocycles. The van der Waals surface area contributed by atoms with Crippen molar-refractivity contribution in [3.63, 3.8) is 0 Å². The Labute approximate surface area is 525 Å². The minimum absolute atomic E-state index is 0.0147. The number of thioether (sulfide) groups is 1. The highest BCUT2D eigenvalue weighted by Gasteiger charge is 2.46. The van der Waals surface area contributed by atoms with Crippen LogP contribution in [0.2, 0.25) is 0 Å². The number of H-pyrrole nitrogens is 1. The van der Waals surface area contributed by atoms with Crippen LogP contribution < -0.4 is 19.5 Å². The number of amides is 3. The number of ether oxygens (including phenoxy) is 6. The Morgan fingerprint density at radius 3 is 2.19 bits per heavy atom. The van der Waals surface area contributed by atoms with Gasteiger partial charge < -0.3 is 53.6 Å². The molecule has 4 aromatic carbocycles. The predicted molar refractivity (Wildman–Crippen MR) is 335 cm³/mol. The van der Waals surface area contributed by atoms with Crippen LogP contribution in [0, 0.1) is 17.6 Å². The van der Waals surface area contributed by atoms with E-state index in [1.807, 2.05) is 62.7 Å². The van der Waals surface area contributed by atoms with Crippen LogP contribution in [0.25, 0.3) is 27.1 Å². The Bertz CT molecular complexity index is 3700. The van der Waals surface area contributed by atoms with E-state index in [1.165, 1.54) is 22.9 Å². The Balaban J connectivity index is 0.659. The third-order valence-corrected chi connectivity index (χ3v) is 18.0. The molecule has 3 amide bonds. The van der Waals surface area contributed by atoms with Gasteiger partial charge in [-0.25, -0.2) is 18.2 Å². The molecule has 0 saturated carbocycles. The van der Waals surface area contributed by atoms with Crippen molar-refractivity contribution in [3.05, 3.63) is 160 Å². The number of aromatic nitrogens is 2. The average Bonchev–Trinajstić information content (AvgIpc) is 1.55. The van der Waals surface area contributed by atoms with Crippen LogP contribution in [-0.2, 0) is 51.8 Å². The number of likely N-dealkylation sites (tertiary alicyclic amines) is 1. The lowest BCUT2D eigenvalue weighted by Gasteiger charge is -2.35. The smallest absolute Gasteiger partial charge is 0.301 e. The van der Waals surface area contributed by atoms with E-state index < -0.39 is 75.7 Å². The lowest BCUT2D eigenvalue weighted by atomic mass is 10.00. The number of rotatable bonds is 32. The minimum atomic E-state index is -4.38. The quantitative estimate of drug-likeness (QED) is 0.0228. The number of aliphatic hydroxyl groups is 1. The molecule has 4 N–H and O–H groups in total. The van der Waals surface area contributed by atoms with Crippen LogP contribution in [0.15, 0.2) is 115 Å². The monoisotopic (exact) mass is 1280 g/mol. The molecule has 0 bridgehead atoms. The summed E-state index contributed by atoms with van der Waals surface area (Å²) in [6, 6.07) is 21.6. The highest BCUT2D eigenvalue weighted by molar-refractivity contribution is 8.10. The van der Waals surface area contributed by atoms with Gasteiger partial charge >= 0.3 is 10.2 Å². The Morgan fingerprint density at radius 1 is 0.867 bits per heavy atom. The van der Waals surface area contributed by atoms with Gasteiger partial charge in [0.25, 0.3) is 5.91 Å². The number of β-amino-alcohol motifs (C(OH)–C–C–N with tert-alkyl or cyclic N) is 1. The van der Waals surface area contributed by atoms with Gasteiger partial charge in [-0.1, -0.05) is 80.2 Å². The van der Waals surface area contributed by atoms with Crippen molar-refractivity contribution in [2.24, 2.45) is 5.92 Å². The normalized spacial score (nSPS) is 17.0. The zero-order chi connectivity index (χ0) is 64.1. The lowest BCUT2D eigenvalue weighted by molar-refractivity contribution is -0.143. The fourth-order valence-electron chi connectivity index (χ4n) is 11.0. The molecule has 3 aliphatic heterocycles. The fraction of sp³-hybridized carbons (Fsp3) is 0.400. The molecule has 90 heavy (non-hydrogen) atoms. The van der Waals surface area contributed by atoms with Crippen molar-refractivity contribution in [1.82, 2.24) is 29.4 Å². The number of hydrogen-bond acceptors (Lipinski definition) is 15. The highest BCUT2D eigenvalue weighted by atomic mass is 32.2. The SMILES string of the molecule is C=CSC(=C(C)C)c1ccc(CNC(=O)[C@@H]2C[C@@H](O)CN2C(=O)[C@H](C(C)C)N2Cc3ccccc3C2=O)c(OCCOCCOCCOCCOCCOc2ccc(-c3cnc4[nH]cc(C(=O)c5c(F)ccc(NS(=O)(=O)N6CC[C@@H](F)C6)c5F)c4c3)cc2)c1. The standard InChI is InChI=1S/C65H74F3N7O13S2/c1-6-89-61(41(4)5)43-11-12-44(34-71-63(78)55-33-48(76)39-74(55)65(80)59(40(2)3)75-37-45-9-7-8-10-50(45)64(75)79)56(32-43)88-30-28-86-26-24-84-22-21-83-23-25-85-27-29-87-49-15-13-42(14-16-49)46-31-51-52(36-70-62(51)69-35-46)60(77)57-53(67)17-18-54(58(57)68)72-90(81,82)73-20-19-47(66)38-73/h6-18,31-32,35-36,40,47-48,55,59,72,76H,1,19-30,33-34,37-39H2,2-5H3,(H,69,70)(H,71,78)/t47-,48-,55+,59+/m1/s1. The molecule has 0 unspecified atom stereocenters. The highest BCUT2D eigenvalue weighted by Crippen LogP contribution is 2.36. The van der Waals surface area contributed by atoms with Crippen LogP contribution in [0.5, 0.6) is 11.5 Å². The molecular weight excluding hydrogens is 1210 g/mol. The molecule has 480 valence electrons. The van der Waals surface area contributed by atoms with Crippen molar-refractivity contribution in [2.45, 2.75) is 78.0 Å². The van der Waals surface area contributed by atoms with E-state index in [0.717, 1.165) is 38.0 Å². The molecule has 3 aliphatic rings. The van der Waals surface area contributed by atoms with Gasteiger partial charge in [-0.15, -0.1) is 0 Å². The molecule has 0 spiro atoms. The number of nitrogens with one attached hydrogen (secondary N) is 3. The lowest BCUT2D eigenvalue weighted by Crippen LogP contribution is -2.55. The van der Waals surface area contributed by atoms with Gasteiger partial charge in [-0.2, -0.15) is 12.7 Å². The molecule has 9 rings (SSSR count). The van der Waals surface area contributed by atoms with Gasteiger partial charge in [0.2, 0.25) is 17.6 Å². The first-order valence-electron chi connectivity index (χ1n) is 29.7. The number of anilines is 1. The summed E-state index contributed by atoms with van der Waals surface area (Å²) < 4.78 is 108. The van der Waals surface area contributed by atoms with E-state index in [4.69, 9.17) is 28.4 Å². The van der Waals surface area contributed by atoms with E-state index in [2.05, 4.69) is 21.9 Å². The minimum Gasteiger partial charge on any atom is -0.491 e. The van der Waals surface area contributed by atoms with Crippen molar-refractivity contribution in [3.8, 4) is 22.6 Å². The summed E-state index contributed by atoms with van der Waals surface area (Å²) in [5.41, 5.74) is 3.95. The second-order valence-corrected chi connectivity index (χ2v) is 24.9. The number of ketones is 1. The third-order valence-electron chi connectivity index (χ3n) is 15.4. The Kier molecular flexibility index (Phi) is 23.0. The number of allylic oxidation sites excluding steroid dienone is 1. The number of alkyl halides is 1. The number of carbonyl (C=O) groups is 4. The van der Waals surface area contributed by atoms with Gasteiger partial charge in [0, 0.05) is 84.1 Å². The number of halogens is 3. The zero-order valence-electron chi connectivity index (χ0n) is 50.5. The zero-order valence-corrected chi connectivity index (χ0v) is 52.1. The summed E-state index contributed by atoms with van der Waals surface area (Å²) in [5.74, 6) is -3.84. The molecule has 2 fully saturated rings. The topological polar surface area (TPSA) is 240 Å². The van der Waals surface area contributed by atoms with Crippen LogP contribution in [0.3, 0.4) is 0 Å². The van der Waals surface area contributed by atoms with E-state index in [1.54, 1.807) is 59.0 Å². The van der Waals surface area contributed by atoms with Crippen molar-refractivity contribution in [2.75, 3.05) is 90.4 Å². The number of fused-ring (bicyclic) bond motifs is 2. The molecule has 2 saturated heterocycles. The summed E-state index contributed by atoms with van der Waals surface area (Å²) in [6.07, 6.45) is 0.617. The fourth-order valence-corrected chi connectivity index (χ4v) is 12.9. The van der Waals surface area contributed by atoms with Gasteiger partial charge in [0.05, 0.1) is 70.2 Å².